The molecule has 2 amide bonds. The third-order valence-corrected chi connectivity index (χ3v) is 6.98. The SMILES string of the molecule is O=C(O)C1CCC(CNC(=O)N2C[C@@H]3[C@H](C2)[C@H]2C=C[C@@H]3CC2)CC1. The highest BCUT2D eigenvalue weighted by molar-refractivity contribution is 5.74. The molecule has 1 saturated heterocycles. The van der Waals surface area contributed by atoms with Crippen LogP contribution in [0.4, 0.5) is 4.79 Å². The largest absolute Gasteiger partial charge is 0.481 e. The Kier molecular flexibility index (Phi) is 4.27. The van der Waals surface area contributed by atoms with Gasteiger partial charge in [-0.2, -0.15) is 0 Å². The van der Waals surface area contributed by atoms with E-state index in [9.17, 15) is 9.59 Å². The van der Waals surface area contributed by atoms with E-state index in [-0.39, 0.29) is 11.9 Å². The van der Waals surface area contributed by atoms with E-state index in [1.165, 1.54) is 12.8 Å². The summed E-state index contributed by atoms with van der Waals surface area (Å²) in [7, 11) is 0. The van der Waals surface area contributed by atoms with Gasteiger partial charge in [0.25, 0.3) is 0 Å². The topological polar surface area (TPSA) is 69.6 Å². The molecule has 2 bridgehead atoms. The molecule has 0 aromatic rings. The molecule has 0 aromatic heterocycles. The van der Waals surface area contributed by atoms with Gasteiger partial charge in [0.1, 0.15) is 0 Å². The van der Waals surface area contributed by atoms with Crippen molar-refractivity contribution in [2.75, 3.05) is 19.6 Å². The summed E-state index contributed by atoms with van der Waals surface area (Å²) in [4.78, 5) is 25.6. The van der Waals surface area contributed by atoms with Crippen LogP contribution in [0.1, 0.15) is 38.5 Å². The molecule has 24 heavy (non-hydrogen) atoms. The molecular weight excluding hydrogens is 304 g/mol. The molecule has 5 aliphatic rings. The number of fused-ring (bicyclic) bond motifs is 1. The maximum absolute atomic E-state index is 12.5. The van der Waals surface area contributed by atoms with E-state index in [0.29, 0.717) is 36.1 Å². The first-order valence-corrected chi connectivity index (χ1v) is 9.55. The van der Waals surface area contributed by atoms with Gasteiger partial charge >= 0.3 is 12.0 Å². The number of hydrogen-bond acceptors (Lipinski definition) is 2. The van der Waals surface area contributed by atoms with Crippen LogP contribution in [-0.2, 0) is 4.79 Å². The second-order valence-electron chi connectivity index (χ2n) is 8.26. The average molecular weight is 332 g/mol. The Morgan fingerprint density at radius 3 is 2.04 bits per heavy atom. The van der Waals surface area contributed by atoms with Gasteiger partial charge in [0.2, 0.25) is 0 Å². The maximum Gasteiger partial charge on any atom is 0.317 e. The van der Waals surface area contributed by atoms with E-state index in [2.05, 4.69) is 17.5 Å². The maximum atomic E-state index is 12.5. The molecule has 0 radical (unpaired) electrons. The minimum absolute atomic E-state index is 0.0872. The molecule has 2 saturated carbocycles. The van der Waals surface area contributed by atoms with Crippen LogP contribution in [-0.4, -0.2) is 41.6 Å². The first-order chi connectivity index (χ1) is 11.6. The van der Waals surface area contributed by atoms with Gasteiger partial charge in [-0.05, 0) is 68.1 Å². The molecule has 1 heterocycles. The zero-order chi connectivity index (χ0) is 16.7. The highest BCUT2D eigenvalue weighted by Gasteiger charge is 2.47. The summed E-state index contributed by atoms with van der Waals surface area (Å²) in [6.45, 7) is 2.52. The van der Waals surface area contributed by atoms with Crippen LogP contribution < -0.4 is 5.32 Å². The first-order valence-electron chi connectivity index (χ1n) is 9.55. The number of nitrogens with zero attached hydrogens (tertiary/aromatic N) is 1. The normalized spacial score (nSPS) is 40.4. The summed E-state index contributed by atoms with van der Waals surface area (Å²) < 4.78 is 0. The zero-order valence-electron chi connectivity index (χ0n) is 14.2. The van der Waals surface area contributed by atoms with Gasteiger partial charge in [0, 0.05) is 19.6 Å². The van der Waals surface area contributed by atoms with Crippen molar-refractivity contribution in [1.82, 2.24) is 10.2 Å². The van der Waals surface area contributed by atoms with E-state index < -0.39 is 5.97 Å². The van der Waals surface area contributed by atoms with E-state index in [1.54, 1.807) is 0 Å². The predicted octanol–water partition coefficient (Wildman–Crippen LogP) is 2.73. The van der Waals surface area contributed by atoms with Crippen molar-refractivity contribution in [3.63, 3.8) is 0 Å². The first kappa shape index (κ1) is 16.0. The number of aliphatic carboxylic acids is 1. The third-order valence-electron chi connectivity index (χ3n) is 6.98. The minimum atomic E-state index is -0.666. The van der Waals surface area contributed by atoms with Gasteiger partial charge in [0.05, 0.1) is 5.92 Å². The molecule has 5 rings (SSSR count). The Morgan fingerprint density at radius 1 is 0.958 bits per heavy atom. The number of carbonyl (C=O) groups is 2. The van der Waals surface area contributed by atoms with Crippen LogP contribution in [0.5, 0.6) is 0 Å². The number of amides is 2. The highest BCUT2D eigenvalue weighted by atomic mass is 16.4. The minimum Gasteiger partial charge on any atom is -0.481 e. The molecule has 0 unspecified atom stereocenters. The van der Waals surface area contributed by atoms with Crippen molar-refractivity contribution in [1.29, 1.82) is 0 Å². The van der Waals surface area contributed by atoms with E-state index in [1.807, 2.05) is 4.90 Å². The molecule has 0 aromatic carbocycles. The van der Waals surface area contributed by atoms with Crippen LogP contribution in [0.25, 0.3) is 0 Å². The van der Waals surface area contributed by atoms with Crippen LogP contribution in [0.15, 0.2) is 12.2 Å². The lowest BCUT2D eigenvalue weighted by Gasteiger charge is -2.40. The second-order valence-corrected chi connectivity index (χ2v) is 8.26. The smallest absolute Gasteiger partial charge is 0.317 e. The number of urea groups is 1. The van der Waals surface area contributed by atoms with Crippen LogP contribution in [0, 0.1) is 35.5 Å². The van der Waals surface area contributed by atoms with Crippen molar-refractivity contribution in [2.24, 2.45) is 35.5 Å². The monoisotopic (exact) mass is 332 g/mol. The van der Waals surface area contributed by atoms with Gasteiger partial charge in [-0.3, -0.25) is 4.79 Å². The van der Waals surface area contributed by atoms with Crippen LogP contribution >= 0.6 is 0 Å². The van der Waals surface area contributed by atoms with E-state index >= 15 is 0 Å². The number of hydrogen-bond donors (Lipinski definition) is 2. The number of nitrogens with one attached hydrogen (secondary N) is 1. The third kappa shape index (κ3) is 2.93. The lowest BCUT2D eigenvalue weighted by atomic mass is 9.64. The fourth-order valence-corrected chi connectivity index (χ4v) is 5.46. The predicted molar refractivity (Wildman–Crippen MR) is 90.4 cm³/mol. The Balaban J connectivity index is 1.24. The molecule has 132 valence electrons. The number of likely N-dealkylation sites (tertiary alicyclic amines) is 1. The molecule has 5 nitrogen and oxygen atoms in total. The molecule has 1 aliphatic heterocycles. The van der Waals surface area contributed by atoms with Gasteiger partial charge in [-0.1, -0.05) is 12.2 Å². The fraction of sp³-hybridized carbons (Fsp3) is 0.789. The summed E-state index contributed by atoms with van der Waals surface area (Å²) >= 11 is 0. The lowest BCUT2D eigenvalue weighted by molar-refractivity contribution is -0.143. The van der Waals surface area contributed by atoms with Crippen LogP contribution in [0.3, 0.4) is 0 Å². The summed E-state index contributed by atoms with van der Waals surface area (Å²) in [5.41, 5.74) is 0. The fourth-order valence-electron chi connectivity index (χ4n) is 5.46. The van der Waals surface area contributed by atoms with Crippen LogP contribution in [0.2, 0.25) is 0 Å². The number of allylic oxidation sites excluding steroid dienone is 2. The average Bonchev–Trinajstić information content (AvgIpc) is 3.08. The van der Waals surface area contributed by atoms with Gasteiger partial charge in [-0.15, -0.1) is 0 Å². The Labute approximate surface area is 143 Å². The molecule has 4 aliphatic carbocycles. The van der Waals surface area contributed by atoms with Gasteiger partial charge < -0.3 is 15.3 Å². The molecule has 3 fully saturated rings. The number of carboxylic acids is 1. The lowest BCUT2D eigenvalue weighted by Crippen LogP contribution is -2.41. The van der Waals surface area contributed by atoms with Crippen molar-refractivity contribution < 1.29 is 14.7 Å². The molecule has 4 atom stereocenters. The summed E-state index contributed by atoms with van der Waals surface area (Å²) in [6, 6.07) is 0.0872. The van der Waals surface area contributed by atoms with Crippen molar-refractivity contribution >= 4 is 12.0 Å². The quantitative estimate of drug-likeness (QED) is 0.781. The summed E-state index contributed by atoms with van der Waals surface area (Å²) in [5, 5.41) is 12.2. The number of carboxylic acid groups (broad SMARTS) is 1. The number of carbonyl (C=O) groups excluding carboxylic acids is 1. The molecule has 5 heteroatoms. The Hall–Kier alpha value is -1.52. The summed E-state index contributed by atoms with van der Waals surface area (Å²) in [5.74, 6) is 2.30. The van der Waals surface area contributed by atoms with Gasteiger partial charge in [0.15, 0.2) is 0 Å². The number of rotatable bonds is 3. The summed E-state index contributed by atoms with van der Waals surface area (Å²) in [6.07, 6.45) is 10.7. The molecule has 0 spiro atoms. The molecular formula is C19H28N2O3. The Bertz CT molecular complexity index is 517. The van der Waals surface area contributed by atoms with Crippen molar-refractivity contribution in [2.45, 2.75) is 38.5 Å². The van der Waals surface area contributed by atoms with Crippen molar-refractivity contribution in [3.8, 4) is 0 Å². The second kappa shape index (κ2) is 6.41. The standard InChI is InChI=1S/C19H28N2O3/c22-18(23)15-3-1-12(2-4-15)9-20-19(24)21-10-16-13-5-6-14(8-7-13)17(16)11-21/h5-6,12-17H,1-4,7-11H2,(H,20,24)(H,22,23)/t12?,13-,14+,15?,16+,17-. The zero-order valence-corrected chi connectivity index (χ0v) is 14.2. The highest BCUT2D eigenvalue weighted by Crippen LogP contribution is 2.48. The van der Waals surface area contributed by atoms with Gasteiger partial charge in [-0.25, -0.2) is 4.79 Å². The van der Waals surface area contributed by atoms with E-state index in [4.69, 9.17) is 5.11 Å². The molecule has 2 N–H and O–H groups in total. The van der Waals surface area contributed by atoms with E-state index in [0.717, 1.165) is 38.8 Å². The Morgan fingerprint density at radius 2 is 1.54 bits per heavy atom. The van der Waals surface area contributed by atoms with Crippen molar-refractivity contribution in [3.05, 3.63) is 12.2 Å².